The minimum Gasteiger partial charge on any atom is -0.490 e. The molecule has 1 fully saturated rings. The summed E-state index contributed by atoms with van der Waals surface area (Å²) >= 11 is 9.35. The molecule has 2 nitrogen and oxygen atoms in total. The molecule has 0 bridgehead atoms. The third-order valence-electron chi connectivity index (χ3n) is 3.11. The van der Waals surface area contributed by atoms with Crippen LogP contribution in [0.1, 0.15) is 28.8 Å². The standard InChI is InChI=1S/C16H12BrClO2/c17-14-7-4-11(9-15(14)18)16(19)10-2-1-3-13(8-10)20-12-5-6-12/h1-4,7-9,12H,5-6H2. The van der Waals surface area contributed by atoms with Gasteiger partial charge in [0.15, 0.2) is 5.78 Å². The van der Waals surface area contributed by atoms with Gasteiger partial charge < -0.3 is 4.74 Å². The van der Waals surface area contributed by atoms with Crippen LogP contribution in [0.25, 0.3) is 0 Å². The van der Waals surface area contributed by atoms with E-state index >= 15 is 0 Å². The number of halogens is 2. The smallest absolute Gasteiger partial charge is 0.193 e. The van der Waals surface area contributed by atoms with Crippen molar-refractivity contribution in [3.05, 3.63) is 63.1 Å². The number of carbonyl (C=O) groups is 1. The molecule has 0 aromatic heterocycles. The van der Waals surface area contributed by atoms with Crippen molar-refractivity contribution in [2.45, 2.75) is 18.9 Å². The van der Waals surface area contributed by atoms with Gasteiger partial charge in [-0.2, -0.15) is 0 Å². The van der Waals surface area contributed by atoms with E-state index in [9.17, 15) is 4.79 Å². The molecule has 1 saturated carbocycles. The first-order valence-electron chi connectivity index (χ1n) is 6.40. The molecule has 0 N–H and O–H groups in total. The van der Waals surface area contributed by atoms with Crippen LogP contribution >= 0.6 is 27.5 Å². The molecule has 0 spiro atoms. The topological polar surface area (TPSA) is 26.3 Å². The Morgan fingerprint density at radius 3 is 2.60 bits per heavy atom. The molecule has 0 radical (unpaired) electrons. The predicted octanol–water partition coefficient (Wildman–Crippen LogP) is 4.87. The zero-order valence-electron chi connectivity index (χ0n) is 10.6. The molecular formula is C16H12BrClO2. The molecule has 20 heavy (non-hydrogen) atoms. The van der Waals surface area contributed by atoms with E-state index in [0.717, 1.165) is 23.1 Å². The minimum atomic E-state index is -0.0550. The summed E-state index contributed by atoms with van der Waals surface area (Å²) in [5.41, 5.74) is 1.18. The van der Waals surface area contributed by atoms with Crippen LogP contribution in [0.15, 0.2) is 46.9 Å². The van der Waals surface area contributed by atoms with Crippen molar-refractivity contribution in [2.24, 2.45) is 0 Å². The summed E-state index contributed by atoms with van der Waals surface area (Å²) in [6, 6.07) is 12.5. The first kappa shape index (κ1) is 13.7. The molecule has 0 atom stereocenters. The summed E-state index contributed by atoms with van der Waals surface area (Å²) in [5.74, 6) is 0.696. The minimum absolute atomic E-state index is 0.0550. The maximum Gasteiger partial charge on any atom is 0.193 e. The van der Waals surface area contributed by atoms with Gasteiger partial charge in [0.1, 0.15) is 5.75 Å². The molecule has 2 aromatic rings. The fraction of sp³-hybridized carbons (Fsp3) is 0.188. The zero-order chi connectivity index (χ0) is 14.1. The fourth-order valence-electron chi connectivity index (χ4n) is 1.89. The van der Waals surface area contributed by atoms with E-state index in [-0.39, 0.29) is 5.78 Å². The summed E-state index contributed by atoms with van der Waals surface area (Å²) in [6.45, 7) is 0. The van der Waals surface area contributed by atoms with Crippen LogP contribution in [0.3, 0.4) is 0 Å². The van der Waals surface area contributed by atoms with Crippen molar-refractivity contribution >= 4 is 33.3 Å². The lowest BCUT2D eigenvalue weighted by Gasteiger charge is -2.07. The Balaban J connectivity index is 1.86. The monoisotopic (exact) mass is 350 g/mol. The highest BCUT2D eigenvalue weighted by molar-refractivity contribution is 9.10. The first-order valence-corrected chi connectivity index (χ1v) is 7.57. The highest BCUT2D eigenvalue weighted by Crippen LogP contribution is 2.28. The van der Waals surface area contributed by atoms with Gasteiger partial charge in [-0.15, -0.1) is 0 Å². The van der Waals surface area contributed by atoms with E-state index in [1.54, 1.807) is 30.3 Å². The lowest BCUT2D eigenvalue weighted by atomic mass is 10.0. The van der Waals surface area contributed by atoms with Crippen LogP contribution in [-0.2, 0) is 0 Å². The third-order valence-corrected chi connectivity index (χ3v) is 4.34. The van der Waals surface area contributed by atoms with Crippen LogP contribution < -0.4 is 4.74 Å². The Hall–Kier alpha value is -1.32. The van der Waals surface area contributed by atoms with Gasteiger partial charge in [-0.1, -0.05) is 23.7 Å². The fourth-order valence-corrected chi connectivity index (χ4v) is 2.32. The quantitative estimate of drug-likeness (QED) is 0.734. The molecule has 1 aliphatic carbocycles. The SMILES string of the molecule is O=C(c1cccc(OC2CC2)c1)c1ccc(Br)c(Cl)c1. The number of hydrogen-bond acceptors (Lipinski definition) is 2. The van der Waals surface area contributed by atoms with Gasteiger partial charge in [-0.3, -0.25) is 4.79 Å². The largest absolute Gasteiger partial charge is 0.490 e. The van der Waals surface area contributed by atoms with Crippen LogP contribution in [-0.4, -0.2) is 11.9 Å². The molecule has 1 aliphatic rings. The first-order chi connectivity index (χ1) is 9.63. The lowest BCUT2D eigenvalue weighted by Crippen LogP contribution is -2.03. The van der Waals surface area contributed by atoms with Crippen LogP contribution in [0.4, 0.5) is 0 Å². The number of ether oxygens (including phenoxy) is 1. The summed E-state index contributed by atoms with van der Waals surface area (Å²) < 4.78 is 6.49. The molecule has 4 heteroatoms. The van der Waals surface area contributed by atoms with Gasteiger partial charge in [0, 0.05) is 15.6 Å². The second-order valence-corrected chi connectivity index (χ2v) is 6.06. The van der Waals surface area contributed by atoms with Crippen LogP contribution in [0.5, 0.6) is 5.75 Å². The van der Waals surface area contributed by atoms with Crippen molar-refractivity contribution in [1.29, 1.82) is 0 Å². The van der Waals surface area contributed by atoms with Gasteiger partial charge in [-0.25, -0.2) is 0 Å². The van der Waals surface area contributed by atoms with Crippen molar-refractivity contribution in [1.82, 2.24) is 0 Å². The number of rotatable bonds is 4. The van der Waals surface area contributed by atoms with Gasteiger partial charge in [0.25, 0.3) is 0 Å². The Morgan fingerprint density at radius 2 is 1.90 bits per heavy atom. The average molecular weight is 352 g/mol. The van der Waals surface area contributed by atoms with Crippen molar-refractivity contribution in [3.63, 3.8) is 0 Å². The maximum absolute atomic E-state index is 12.4. The Kier molecular flexibility index (Phi) is 3.81. The second kappa shape index (κ2) is 5.58. The van der Waals surface area contributed by atoms with Crippen molar-refractivity contribution in [3.8, 4) is 5.75 Å². The predicted molar refractivity (Wildman–Crippen MR) is 82.7 cm³/mol. The molecule has 3 rings (SSSR count). The normalized spacial score (nSPS) is 14.1. The van der Waals surface area contributed by atoms with Crippen molar-refractivity contribution in [2.75, 3.05) is 0 Å². The third kappa shape index (κ3) is 3.05. The molecule has 0 amide bonds. The van der Waals surface area contributed by atoms with Crippen molar-refractivity contribution < 1.29 is 9.53 Å². The van der Waals surface area contributed by atoms with E-state index in [1.165, 1.54) is 0 Å². The summed E-state index contributed by atoms with van der Waals surface area (Å²) in [7, 11) is 0. The van der Waals surface area contributed by atoms with E-state index in [2.05, 4.69) is 15.9 Å². The lowest BCUT2D eigenvalue weighted by molar-refractivity contribution is 0.103. The van der Waals surface area contributed by atoms with Gasteiger partial charge in [0.2, 0.25) is 0 Å². The average Bonchev–Trinajstić information content (AvgIpc) is 3.25. The van der Waals surface area contributed by atoms with E-state index < -0.39 is 0 Å². The Labute approximate surface area is 130 Å². The second-order valence-electron chi connectivity index (χ2n) is 4.80. The summed E-state index contributed by atoms with van der Waals surface area (Å²) in [4.78, 5) is 12.4. The number of benzene rings is 2. The van der Waals surface area contributed by atoms with E-state index in [4.69, 9.17) is 16.3 Å². The molecule has 0 heterocycles. The number of carbonyl (C=O) groups excluding carboxylic acids is 1. The molecule has 102 valence electrons. The van der Waals surface area contributed by atoms with Gasteiger partial charge in [0.05, 0.1) is 11.1 Å². The van der Waals surface area contributed by atoms with E-state index in [0.29, 0.717) is 22.3 Å². The Morgan fingerprint density at radius 1 is 1.15 bits per heavy atom. The highest BCUT2D eigenvalue weighted by atomic mass is 79.9. The molecule has 0 aliphatic heterocycles. The summed E-state index contributed by atoms with van der Waals surface area (Å²) in [6.07, 6.45) is 2.52. The van der Waals surface area contributed by atoms with Gasteiger partial charge in [-0.05, 0) is 59.1 Å². The van der Waals surface area contributed by atoms with Gasteiger partial charge >= 0.3 is 0 Å². The number of hydrogen-bond donors (Lipinski definition) is 0. The molecule has 2 aromatic carbocycles. The van der Waals surface area contributed by atoms with E-state index in [1.807, 2.05) is 12.1 Å². The highest BCUT2D eigenvalue weighted by Gasteiger charge is 2.23. The van der Waals surface area contributed by atoms with Crippen LogP contribution in [0.2, 0.25) is 5.02 Å². The molecule has 0 unspecified atom stereocenters. The molecular weight excluding hydrogens is 340 g/mol. The summed E-state index contributed by atoms with van der Waals surface area (Å²) in [5, 5.41) is 0.529. The van der Waals surface area contributed by atoms with Crippen LogP contribution in [0, 0.1) is 0 Å². The molecule has 0 saturated heterocycles. The maximum atomic E-state index is 12.4. The number of ketones is 1. The zero-order valence-corrected chi connectivity index (χ0v) is 12.9. The Bertz CT molecular complexity index is 665.